The number of carbonyl (C=O) groups is 4. The van der Waals surface area contributed by atoms with Crippen molar-refractivity contribution < 1.29 is 42.9 Å². The predicted molar refractivity (Wildman–Crippen MR) is 94.5 cm³/mol. The van der Waals surface area contributed by atoms with Crippen LogP contribution >= 0.6 is 0 Å². The van der Waals surface area contributed by atoms with Crippen molar-refractivity contribution >= 4 is 23.9 Å². The molecule has 0 aromatic heterocycles. The molecule has 1 unspecified atom stereocenters. The number of hydrogen-bond acceptors (Lipinski definition) is 10. The Labute approximate surface area is 163 Å². The molecule has 28 heavy (non-hydrogen) atoms. The van der Waals surface area contributed by atoms with Gasteiger partial charge in [-0.3, -0.25) is 0 Å². The van der Waals surface area contributed by atoms with Gasteiger partial charge >= 0.3 is 23.9 Å². The van der Waals surface area contributed by atoms with Crippen molar-refractivity contribution in [3.63, 3.8) is 0 Å². The standard InChI is InChI=1S/C18H25NO9/c1-18(2,3)19-12(17(23)28-8)10(15(21)26-6)9(14(20)25-5)11(13(19)24-4)16(22)27-7/h13H,1-8H3. The smallest absolute Gasteiger partial charge is 0.355 e. The van der Waals surface area contributed by atoms with E-state index in [1.807, 2.05) is 0 Å². The zero-order valence-corrected chi connectivity index (χ0v) is 17.2. The Hall–Kier alpha value is -2.88. The minimum absolute atomic E-state index is 0.304. The molecular formula is C18H25NO9. The second-order valence-corrected chi connectivity index (χ2v) is 6.61. The predicted octanol–water partition coefficient (Wildman–Crippen LogP) is 0.316. The molecule has 0 aromatic rings. The summed E-state index contributed by atoms with van der Waals surface area (Å²) in [5.74, 6) is -3.95. The van der Waals surface area contributed by atoms with Crippen molar-refractivity contribution in [2.45, 2.75) is 32.5 Å². The van der Waals surface area contributed by atoms with Crippen molar-refractivity contribution in [1.82, 2.24) is 4.90 Å². The third-order valence-electron chi connectivity index (χ3n) is 3.99. The molecule has 1 aliphatic heterocycles. The van der Waals surface area contributed by atoms with E-state index in [-0.39, 0.29) is 11.3 Å². The molecule has 0 spiro atoms. The van der Waals surface area contributed by atoms with Crippen LogP contribution in [0.15, 0.2) is 22.4 Å². The summed E-state index contributed by atoms with van der Waals surface area (Å²) in [6, 6.07) is 0. The molecule has 0 aromatic carbocycles. The SMILES string of the molecule is COC(=O)C1=C(C(=O)OC)C(OC)N(C(C)(C)C)C(C(=O)OC)=C1C(=O)OC. The van der Waals surface area contributed by atoms with Gasteiger partial charge in [0.2, 0.25) is 0 Å². The molecule has 0 amide bonds. The molecule has 1 heterocycles. The van der Waals surface area contributed by atoms with Crippen LogP contribution in [0.5, 0.6) is 0 Å². The van der Waals surface area contributed by atoms with Crippen LogP contribution in [0, 0.1) is 0 Å². The molecule has 156 valence electrons. The maximum atomic E-state index is 12.6. The van der Waals surface area contributed by atoms with E-state index in [1.54, 1.807) is 20.8 Å². The number of hydrogen-bond donors (Lipinski definition) is 0. The topological polar surface area (TPSA) is 118 Å². The molecule has 0 radical (unpaired) electrons. The fourth-order valence-corrected chi connectivity index (χ4v) is 2.88. The number of esters is 4. The van der Waals surface area contributed by atoms with Gasteiger partial charge in [0, 0.05) is 12.6 Å². The fourth-order valence-electron chi connectivity index (χ4n) is 2.88. The highest BCUT2D eigenvalue weighted by atomic mass is 16.5. The average Bonchev–Trinajstić information content (AvgIpc) is 2.68. The van der Waals surface area contributed by atoms with Crippen LogP contribution in [0.2, 0.25) is 0 Å². The summed E-state index contributed by atoms with van der Waals surface area (Å²) in [5, 5.41) is 0. The lowest BCUT2D eigenvalue weighted by molar-refractivity contribution is -0.149. The van der Waals surface area contributed by atoms with Gasteiger partial charge in [-0.2, -0.15) is 0 Å². The quantitative estimate of drug-likeness (QED) is 0.472. The fraction of sp³-hybridized carbons (Fsp3) is 0.556. The van der Waals surface area contributed by atoms with Crippen molar-refractivity contribution in [3.8, 4) is 0 Å². The molecule has 0 bridgehead atoms. The lowest BCUT2D eigenvalue weighted by atomic mass is 9.88. The molecular weight excluding hydrogens is 374 g/mol. The normalized spacial score (nSPS) is 17.3. The zero-order valence-electron chi connectivity index (χ0n) is 17.2. The molecule has 0 aliphatic carbocycles. The Kier molecular flexibility index (Phi) is 7.34. The van der Waals surface area contributed by atoms with Crippen LogP contribution < -0.4 is 0 Å². The number of ether oxygens (including phenoxy) is 5. The van der Waals surface area contributed by atoms with Crippen LogP contribution in [-0.4, -0.2) is 76.1 Å². The molecule has 1 rings (SSSR count). The highest BCUT2D eigenvalue weighted by Gasteiger charge is 2.50. The second-order valence-electron chi connectivity index (χ2n) is 6.61. The number of nitrogens with zero attached hydrogens (tertiary/aromatic N) is 1. The first-order valence-corrected chi connectivity index (χ1v) is 8.15. The summed E-state index contributed by atoms with van der Waals surface area (Å²) in [6.07, 6.45) is -1.25. The molecule has 0 fully saturated rings. The average molecular weight is 399 g/mol. The number of carbonyl (C=O) groups excluding carboxylic acids is 4. The van der Waals surface area contributed by atoms with Gasteiger partial charge in [0.05, 0.1) is 34.0 Å². The minimum atomic E-state index is -1.25. The molecule has 0 saturated heterocycles. The van der Waals surface area contributed by atoms with Crippen LogP contribution in [0.25, 0.3) is 0 Å². The largest absolute Gasteiger partial charge is 0.466 e. The third kappa shape index (κ3) is 4.01. The van der Waals surface area contributed by atoms with E-state index < -0.39 is 46.8 Å². The lowest BCUT2D eigenvalue weighted by Crippen LogP contribution is -2.55. The second kappa shape index (κ2) is 8.87. The first kappa shape index (κ1) is 23.2. The molecule has 0 N–H and O–H groups in total. The summed E-state index contributed by atoms with van der Waals surface area (Å²) in [5.41, 5.74) is -2.44. The van der Waals surface area contributed by atoms with Crippen LogP contribution in [0.1, 0.15) is 20.8 Å². The van der Waals surface area contributed by atoms with Gasteiger partial charge in [0.15, 0.2) is 6.23 Å². The summed E-state index contributed by atoms with van der Waals surface area (Å²) >= 11 is 0. The molecule has 1 aliphatic rings. The van der Waals surface area contributed by atoms with Crippen LogP contribution in [-0.2, 0) is 42.9 Å². The Bertz CT molecular complexity index is 743. The van der Waals surface area contributed by atoms with Gasteiger partial charge in [-0.1, -0.05) is 0 Å². The maximum absolute atomic E-state index is 12.6. The van der Waals surface area contributed by atoms with E-state index in [0.717, 1.165) is 28.4 Å². The molecule has 0 saturated carbocycles. The third-order valence-corrected chi connectivity index (χ3v) is 3.99. The van der Waals surface area contributed by atoms with Gasteiger partial charge in [0.1, 0.15) is 16.8 Å². The van der Waals surface area contributed by atoms with E-state index in [0.29, 0.717) is 0 Å². The highest BCUT2D eigenvalue weighted by molar-refractivity contribution is 6.16. The molecule has 10 heteroatoms. The lowest BCUT2D eigenvalue weighted by Gasteiger charge is -2.46. The Balaban J connectivity index is 4.20. The van der Waals surface area contributed by atoms with E-state index >= 15 is 0 Å². The van der Waals surface area contributed by atoms with E-state index in [2.05, 4.69) is 0 Å². The van der Waals surface area contributed by atoms with Gasteiger partial charge in [0.25, 0.3) is 0 Å². The van der Waals surface area contributed by atoms with E-state index in [4.69, 9.17) is 23.7 Å². The first-order valence-electron chi connectivity index (χ1n) is 8.15. The molecule has 1 atom stereocenters. The molecule has 10 nitrogen and oxygen atoms in total. The summed E-state index contributed by atoms with van der Waals surface area (Å²) in [7, 11) is 5.63. The van der Waals surface area contributed by atoms with Gasteiger partial charge in [-0.05, 0) is 20.8 Å². The number of rotatable bonds is 5. The van der Waals surface area contributed by atoms with Crippen molar-refractivity contribution in [3.05, 3.63) is 22.4 Å². The summed E-state index contributed by atoms with van der Waals surface area (Å²) in [6.45, 7) is 5.15. The Morgan fingerprint density at radius 1 is 0.714 bits per heavy atom. The summed E-state index contributed by atoms with van der Waals surface area (Å²) in [4.78, 5) is 51.7. The van der Waals surface area contributed by atoms with Gasteiger partial charge in [-0.25, -0.2) is 19.2 Å². The van der Waals surface area contributed by atoms with Gasteiger partial charge in [-0.15, -0.1) is 0 Å². The number of methoxy groups -OCH3 is 5. The van der Waals surface area contributed by atoms with Crippen molar-refractivity contribution in [1.29, 1.82) is 0 Å². The monoisotopic (exact) mass is 399 g/mol. The minimum Gasteiger partial charge on any atom is -0.466 e. The Morgan fingerprint density at radius 3 is 1.50 bits per heavy atom. The zero-order chi connectivity index (χ0) is 21.8. The van der Waals surface area contributed by atoms with Crippen molar-refractivity contribution in [2.24, 2.45) is 0 Å². The van der Waals surface area contributed by atoms with E-state index in [1.165, 1.54) is 12.0 Å². The van der Waals surface area contributed by atoms with Crippen LogP contribution in [0.3, 0.4) is 0 Å². The van der Waals surface area contributed by atoms with Crippen molar-refractivity contribution in [2.75, 3.05) is 35.5 Å². The maximum Gasteiger partial charge on any atom is 0.355 e. The van der Waals surface area contributed by atoms with Crippen LogP contribution in [0.4, 0.5) is 0 Å². The summed E-state index contributed by atoms with van der Waals surface area (Å²) < 4.78 is 24.6. The first-order chi connectivity index (χ1) is 13.0. The van der Waals surface area contributed by atoms with E-state index in [9.17, 15) is 19.2 Å². The highest BCUT2D eigenvalue weighted by Crippen LogP contribution is 2.39. The van der Waals surface area contributed by atoms with Gasteiger partial charge < -0.3 is 28.6 Å². The Morgan fingerprint density at radius 2 is 1.14 bits per heavy atom.